The quantitative estimate of drug-likeness (QED) is 0.668. The van der Waals surface area contributed by atoms with Crippen molar-refractivity contribution in [2.45, 2.75) is 0 Å². The van der Waals surface area contributed by atoms with E-state index < -0.39 is 5.97 Å². The summed E-state index contributed by atoms with van der Waals surface area (Å²) < 4.78 is 11.4. The van der Waals surface area contributed by atoms with E-state index in [9.17, 15) is 9.32 Å². The Morgan fingerprint density at radius 1 is 1.50 bits per heavy atom. The van der Waals surface area contributed by atoms with Crippen LogP contribution in [0.4, 0.5) is 4.53 Å². The number of nitrogens with zero attached hydrogens (tertiary/aromatic N) is 1. The summed E-state index contributed by atoms with van der Waals surface area (Å²) in [6.45, 7) is 0. The molecule has 64 valence electrons. The maximum absolute atomic E-state index is 11.4. The number of carbonyl (C=O) groups excluding carboxylic acids is 1. The van der Waals surface area contributed by atoms with E-state index in [0.717, 1.165) is 0 Å². The summed E-state index contributed by atoms with van der Waals surface area (Å²) in [5, 5.41) is -0.0689. The topological polar surface area (TPSA) is 39.2 Å². The van der Waals surface area contributed by atoms with Crippen LogP contribution < -0.4 is 0 Å². The van der Waals surface area contributed by atoms with Crippen molar-refractivity contribution in [1.82, 2.24) is 4.98 Å². The number of hydrogen-bond acceptors (Lipinski definition) is 3. The Balaban J connectivity index is 3.09. The van der Waals surface area contributed by atoms with E-state index in [4.69, 9.17) is 23.2 Å². The second kappa shape index (κ2) is 3.69. The minimum atomic E-state index is -1.19. The fourth-order valence-electron chi connectivity index (χ4n) is 0.606. The van der Waals surface area contributed by atoms with Crippen LogP contribution in [-0.2, 0) is 4.94 Å². The van der Waals surface area contributed by atoms with Crippen molar-refractivity contribution in [2.75, 3.05) is 0 Å². The minimum Gasteiger partial charge on any atom is -0.249 e. The largest absolute Gasteiger partial charge is 0.382 e. The lowest BCUT2D eigenvalue weighted by atomic mass is 10.3. The molecule has 0 saturated heterocycles. The lowest BCUT2D eigenvalue weighted by molar-refractivity contribution is -0.0788. The highest BCUT2D eigenvalue weighted by Crippen LogP contribution is 2.17. The zero-order valence-corrected chi connectivity index (χ0v) is 7.06. The summed E-state index contributed by atoms with van der Waals surface area (Å²) in [6.07, 6.45) is 0. The summed E-state index contributed by atoms with van der Waals surface area (Å²) >= 11 is 10.9. The first-order chi connectivity index (χ1) is 5.65. The molecule has 12 heavy (non-hydrogen) atoms. The molecule has 1 heterocycles. The maximum atomic E-state index is 11.4. The van der Waals surface area contributed by atoms with E-state index in [-0.39, 0.29) is 15.9 Å². The van der Waals surface area contributed by atoms with E-state index in [2.05, 4.69) is 9.93 Å². The van der Waals surface area contributed by atoms with Gasteiger partial charge in [0.05, 0.1) is 0 Å². The van der Waals surface area contributed by atoms with Crippen molar-refractivity contribution in [3.8, 4) is 0 Å². The molecule has 0 aliphatic rings. The predicted octanol–water partition coefficient (Wildman–Crippen LogP) is 2.43. The molecule has 1 aromatic heterocycles. The number of pyridine rings is 1. The van der Waals surface area contributed by atoms with Gasteiger partial charge in [-0.3, -0.25) is 0 Å². The third kappa shape index (κ3) is 1.84. The van der Waals surface area contributed by atoms with Gasteiger partial charge in [-0.05, 0) is 12.1 Å². The van der Waals surface area contributed by atoms with Crippen molar-refractivity contribution < 1.29 is 14.3 Å². The smallest absolute Gasteiger partial charge is 0.249 e. The Morgan fingerprint density at radius 3 is 2.67 bits per heavy atom. The molecule has 0 bridgehead atoms. The van der Waals surface area contributed by atoms with Gasteiger partial charge in [-0.15, -0.1) is 0 Å². The molecule has 1 rings (SSSR count). The lowest BCUT2D eigenvalue weighted by Crippen LogP contribution is -2.00. The Labute approximate surface area is 77.0 Å². The molecule has 0 radical (unpaired) electrons. The van der Waals surface area contributed by atoms with E-state index in [0.29, 0.717) is 0 Å². The third-order valence-corrected chi connectivity index (χ3v) is 1.60. The molecule has 0 atom stereocenters. The highest BCUT2D eigenvalue weighted by Gasteiger charge is 2.13. The molecule has 1 aromatic rings. The minimum absolute atomic E-state index is 0.121. The molecule has 0 aromatic carbocycles. The molecule has 0 aliphatic carbocycles. The van der Waals surface area contributed by atoms with Gasteiger partial charge in [-0.1, -0.05) is 23.2 Å². The Morgan fingerprint density at radius 2 is 2.17 bits per heavy atom. The fourth-order valence-corrected chi connectivity index (χ4v) is 1.03. The second-order valence-corrected chi connectivity index (χ2v) is 2.58. The predicted molar refractivity (Wildman–Crippen MR) is 40.8 cm³/mol. The van der Waals surface area contributed by atoms with Crippen LogP contribution >= 0.6 is 23.2 Å². The first-order valence-electron chi connectivity index (χ1n) is 2.80. The van der Waals surface area contributed by atoms with Gasteiger partial charge in [-0.25, -0.2) is 14.7 Å². The van der Waals surface area contributed by atoms with Crippen LogP contribution in [-0.4, -0.2) is 11.0 Å². The monoisotopic (exact) mass is 209 g/mol. The maximum Gasteiger partial charge on any atom is 0.382 e. The van der Waals surface area contributed by atoms with Gasteiger partial charge < -0.3 is 0 Å². The zero-order valence-electron chi connectivity index (χ0n) is 5.55. The Kier molecular flexibility index (Phi) is 2.83. The molecule has 0 N–H and O–H groups in total. The number of rotatable bonds is 1. The summed E-state index contributed by atoms with van der Waals surface area (Å²) in [7, 11) is 0. The van der Waals surface area contributed by atoms with Crippen LogP contribution in [0.3, 0.4) is 0 Å². The Hall–Kier alpha value is -0.870. The third-order valence-electron chi connectivity index (χ3n) is 1.10. The second-order valence-electron chi connectivity index (χ2n) is 1.84. The molecule has 3 nitrogen and oxygen atoms in total. The number of aromatic nitrogens is 1. The Bertz CT molecular complexity index is 318. The van der Waals surface area contributed by atoms with Gasteiger partial charge >= 0.3 is 5.97 Å². The van der Waals surface area contributed by atoms with E-state index in [1.807, 2.05) is 0 Å². The van der Waals surface area contributed by atoms with Crippen molar-refractivity contribution in [3.63, 3.8) is 0 Å². The highest BCUT2D eigenvalue weighted by atomic mass is 35.5. The van der Waals surface area contributed by atoms with Crippen LogP contribution in [0.15, 0.2) is 12.1 Å². The van der Waals surface area contributed by atoms with E-state index >= 15 is 0 Å². The molecule has 0 fully saturated rings. The van der Waals surface area contributed by atoms with Crippen LogP contribution in [0.25, 0.3) is 0 Å². The van der Waals surface area contributed by atoms with Crippen LogP contribution in [0.2, 0.25) is 10.3 Å². The summed E-state index contributed by atoms with van der Waals surface area (Å²) in [4.78, 5) is 17.0. The zero-order chi connectivity index (χ0) is 9.14. The van der Waals surface area contributed by atoms with Crippen LogP contribution in [0.1, 0.15) is 10.4 Å². The first kappa shape index (κ1) is 9.22. The molecule has 0 unspecified atom stereocenters. The average molecular weight is 210 g/mol. The van der Waals surface area contributed by atoms with Gasteiger partial charge in [0.15, 0.2) is 0 Å². The fraction of sp³-hybridized carbons (Fsp3) is 0. The number of carbonyl (C=O) groups is 1. The number of halogens is 3. The number of hydrogen-bond donors (Lipinski definition) is 0. The summed E-state index contributed by atoms with van der Waals surface area (Å²) in [5.74, 6) is -1.19. The van der Waals surface area contributed by atoms with Gasteiger partial charge in [0.25, 0.3) is 0 Å². The lowest BCUT2D eigenvalue weighted by Gasteiger charge is -1.97. The van der Waals surface area contributed by atoms with Gasteiger partial charge in [0.2, 0.25) is 0 Å². The van der Waals surface area contributed by atoms with Crippen molar-refractivity contribution in [3.05, 3.63) is 28.0 Å². The molecule has 0 saturated carbocycles. The molecular formula is C6H2Cl2FNO2. The van der Waals surface area contributed by atoms with Crippen LogP contribution in [0.5, 0.6) is 0 Å². The molecule has 0 amide bonds. The van der Waals surface area contributed by atoms with Crippen molar-refractivity contribution >= 4 is 29.2 Å². The van der Waals surface area contributed by atoms with Gasteiger partial charge in [0, 0.05) is 4.53 Å². The van der Waals surface area contributed by atoms with Gasteiger partial charge in [0.1, 0.15) is 15.9 Å². The molecule has 6 heteroatoms. The highest BCUT2D eigenvalue weighted by molar-refractivity contribution is 6.34. The van der Waals surface area contributed by atoms with Gasteiger partial charge in [-0.2, -0.15) is 0 Å². The molecule has 0 aliphatic heterocycles. The molecule has 0 spiro atoms. The van der Waals surface area contributed by atoms with Crippen molar-refractivity contribution in [1.29, 1.82) is 0 Å². The standard InChI is InChI=1S/C6H2Cl2FNO2/c7-4-2-1-3(5(8)10-4)6(11)12-9/h1-2H. The van der Waals surface area contributed by atoms with Crippen LogP contribution in [0, 0.1) is 0 Å². The van der Waals surface area contributed by atoms with E-state index in [1.165, 1.54) is 12.1 Å². The van der Waals surface area contributed by atoms with Crippen molar-refractivity contribution in [2.24, 2.45) is 0 Å². The first-order valence-corrected chi connectivity index (χ1v) is 3.55. The normalized spacial score (nSPS) is 9.58. The average Bonchev–Trinajstić information content (AvgIpc) is 2.03. The summed E-state index contributed by atoms with van der Waals surface area (Å²) in [5.41, 5.74) is -0.163. The van der Waals surface area contributed by atoms with E-state index in [1.54, 1.807) is 0 Å². The SMILES string of the molecule is O=C(OF)c1ccc(Cl)nc1Cl. The molecular weight excluding hydrogens is 208 g/mol. The summed E-state index contributed by atoms with van der Waals surface area (Å²) in [6, 6.07) is 2.53.